The molecule has 0 aliphatic carbocycles. The lowest BCUT2D eigenvalue weighted by atomic mass is 10.1. The molecule has 19 heavy (non-hydrogen) atoms. The van der Waals surface area contributed by atoms with Gasteiger partial charge in [0.2, 0.25) is 5.91 Å². The van der Waals surface area contributed by atoms with E-state index >= 15 is 0 Å². The van der Waals surface area contributed by atoms with Gasteiger partial charge in [0.1, 0.15) is 6.42 Å². The van der Waals surface area contributed by atoms with Crippen molar-refractivity contribution in [3.05, 3.63) is 34.9 Å². The van der Waals surface area contributed by atoms with Crippen molar-refractivity contribution >= 4 is 17.5 Å². The summed E-state index contributed by atoms with van der Waals surface area (Å²) in [7, 11) is 1.40. The first-order valence-corrected chi connectivity index (χ1v) is 5.80. The molecule has 1 aromatic rings. The SMILES string of the molecule is COC[C@H](NC(=O)CC(F)(F)F)c1ccc(Cl)cc1. The molecule has 1 aromatic carbocycles. The molecule has 0 aliphatic rings. The highest BCUT2D eigenvalue weighted by Gasteiger charge is 2.32. The van der Waals surface area contributed by atoms with E-state index in [0.29, 0.717) is 10.6 Å². The zero-order valence-electron chi connectivity index (χ0n) is 10.1. The molecule has 3 nitrogen and oxygen atoms in total. The highest BCUT2D eigenvalue weighted by atomic mass is 35.5. The summed E-state index contributed by atoms with van der Waals surface area (Å²) >= 11 is 5.72. The standard InChI is InChI=1S/C12H13ClF3NO2/c1-19-7-10(8-2-4-9(13)5-3-8)17-11(18)6-12(14,15)16/h2-5,10H,6-7H2,1H3,(H,17,18)/t10-/m0/s1. The molecule has 0 spiro atoms. The van der Waals surface area contributed by atoms with Gasteiger partial charge in [0.25, 0.3) is 0 Å². The molecule has 7 heteroatoms. The van der Waals surface area contributed by atoms with Crippen LogP contribution in [0.15, 0.2) is 24.3 Å². The van der Waals surface area contributed by atoms with Gasteiger partial charge in [-0.25, -0.2) is 0 Å². The number of carbonyl (C=O) groups excluding carboxylic acids is 1. The summed E-state index contributed by atoms with van der Waals surface area (Å²) in [5, 5.41) is 2.78. The van der Waals surface area contributed by atoms with Crippen LogP contribution in [0.25, 0.3) is 0 Å². The van der Waals surface area contributed by atoms with Crippen LogP contribution in [0.4, 0.5) is 13.2 Å². The number of benzene rings is 1. The third-order valence-electron chi connectivity index (χ3n) is 2.30. The molecule has 1 atom stereocenters. The molecule has 1 amide bonds. The van der Waals surface area contributed by atoms with E-state index in [2.05, 4.69) is 5.32 Å². The van der Waals surface area contributed by atoms with Crippen LogP contribution in [-0.2, 0) is 9.53 Å². The molecule has 0 saturated heterocycles. The van der Waals surface area contributed by atoms with Crippen LogP contribution in [-0.4, -0.2) is 25.8 Å². The average Bonchev–Trinajstić information content (AvgIpc) is 2.27. The number of methoxy groups -OCH3 is 1. The van der Waals surface area contributed by atoms with Crippen LogP contribution in [0, 0.1) is 0 Å². The van der Waals surface area contributed by atoms with Gasteiger partial charge in [-0.3, -0.25) is 4.79 Å². The Hall–Kier alpha value is -1.27. The minimum atomic E-state index is -4.53. The molecule has 1 rings (SSSR count). The Morgan fingerprint density at radius 2 is 1.95 bits per heavy atom. The lowest BCUT2D eigenvalue weighted by Gasteiger charge is -2.19. The Kier molecular flexibility index (Phi) is 5.62. The topological polar surface area (TPSA) is 38.3 Å². The number of hydrogen-bond donors (Lipinski definition) is 1. The fraction of sp³-hybridized carbons (Fsp3) is 0.417. The van der Waals surface area contributed by atoms with Gasteiger partial charge in [-0.2, -0.15) is 13.2 Å². The third kappa shape index (κ3) is 5.94. The largest absolute Gasteiger partial charge is 0.397 e. The van der Waals surface area contributed by atoms with Crippen molar-refractivity contribution in [3.8, 4) is 0 Å². The second-order valence-electron chi connectivity index (χ2n) is 3.92. The second kappa shape index (κ2) is 6.77. The van der Waals surface area contributed by atoms with E-state index in [1.165, 1.54) is 7.11 Å². The van der Waals surface area contributed by atoms with E-state index < -0.39 is 24.5 Å². The number of alkyl halides is 3. The van der Waals surface area contributed by atoms with Gasteiger partial charge in [-0.05, 0) is 17.7 Å². The second-order valence-corrected chi connectivity index (χ2v) is 4.36. The van der Waals surface area contributed by atoms with Crippen LogP contribution >= 0.6 is 11.6 Å². The Bertz CT molecular complexity index is 420. The fourth-order valence-corrected chi connectivity index (χ4v) is 1.64. The maximum atomic E-state index is 12.1. The van der Waals surface area contributed by atoms with Gasteiger partial charge >= 0.3 is 6.18 Å². The van der Waals surface area contributed by atoms with E-state index in [4.69, 9.17) is 16.3 Å². The van der Waals surface area contributed by atoms with Gasteiger partial charge in [0.05, 0.1) is 12.6 Å². The summed E-state index contributed by atoms with van der Waals surface area (Å²) in [5.74, 6) is -1.09. The summed E-state index contributed by atoms with van der Waals surface area (Å²) in [4.78, 5) is 11.3. The molecule has 0 heterocycles. The van der Waals surface area contributed by atoms with Crippen molar-refractivity contribution in [2.45, 2.75) is 18.6 Å². The van der Waals surface area contributed by atoms with Gasteiger partial charge in [0, 0.05) is 12.1 Å². The number of halogens is 4. The van der Waals surface area contributed by atoms with E-state index in [1.54, 1.807) is 24.3 Å². The fourth-order valence-electron chi connectivity index (χ4n) is 1.51. The number of amides is 1. The lowest BCUT2D eigenvalue weighted by Crippen LogP contribution is -2.34. The molecule has 0 fully saturated rings. The number of carbonyl (C=O) groups is 1. The first kappa shape index (κ1) is 15.8. The van der Waals surface area contributed by atoms with E-state index in [0.717, 1.165) is 0 Å². The van der Waals surface area contributed by atoms with Crippen molar-refractivity contribution in [3.63, 3.8) is 0 Å². The van der Waals surface area contributed by atoms with Crippen molar-refractivity contribution in [1.29, 1.82) is 0 Å². The van der Waals surface area contributed by atoms with Crippen molar-refractivity contribution in [2.75, 3.05) is 13.7 Å². The molecule has 106 valence electrons. The molecule has 0 unspecified atom stereocenters. The van der Waals surface area contributed by atoms with Crippen LogP contribution in [0.3, 0.4) is 0 Å². The summed E-state index contributed by atoms with van der Waals surface area (Å²) in [6, 6.07) is 5.79. The number of hydrogen-bond acceptors (Lipinski definition) is 2. The van der Waals surface area contributed by atoms with Crippen LogP contribution < -0.4 is 5.32 Å². The van der Waals surface area contributed by atoms with E-state index in [1.807, 2.05) is 0 Å². The number of nitrogens with one attached hydrogen (secondary N) is 1. The van der Waals surface area contributed by atoms with Gasteiger partial charge in [-0.15, -0.1) is 0 Å². The molecule has 0 bridgehead atoms. The number of rotatable bonds is 5. The van der Waals surface area contributed by atoms with Gasteiger partial charge in [0.15, 0.2) is 0 Å². The minimum absolute atomic E-state index is 0.0746. The Morgan fingerprint density at radius 1 is 1.37 bits per heavy atom. The van der Waals surface area contributed by atoms with Crippen molar-refractivity contribution in [2.24, 2.45) is 0 Å². The molecule has 0 saturated carbocycles. The predicted molar refractivity (Wildman–Crippen MR) is 64.9 cm³/mol. The van der Waals surface area contributed by atoms with Crippen molar-refractivity contribution in [1.82, 2.24) is 5.32 Å². The molecular weight excluding hydrogens is 283 g/mol. The molecule has 0 aromatic heterocycles. The van der Waals surface area contributed by atoms with Crippen LogP contribution in [0.1, 0.15) is 18.0 Å². The minimum Gasteiger partial charge on any atom is -0.382 e. The van der Waals surface area contributed by atoms with Crippen LogP contribution in [0.2, 0.25) is 5.02 Å². The molecule has 0 aliphatic heterocycles. The summed E-state index contributed by atoms with van der Waals surface area (Å²) in [5.41, 5.74) is 0.627. The quantitative estimate of drug-likeness (QED) is 0.906. The Balaban J connectivity index is 2.73. The average molecular weight is 296 g/mol. The number of ether oxygens (including phenoxy) is 1. The zero-order chi connectivity index (χ0) is 14.5. The summed E-state index contributed by atoms with van der Waals surface area (Å²) in [6.45, 7) is 0.0746. The highest BCUT2D eigenvalue weighted by Crippen LogP contribution is 2.21. The molecule has 1 N–H and O–H groups in total. The van der Waals surface area contributed by atoms with Gasteiger partial charge < -0.3 is 10.1 Å². The smallest absolute Gasteiger partial charge is 0.382 e. The maximum Gasteiger partial charge on any atom is 0.397 e. The zero-order valence-corrected chi connectivity index (χ0v) is 10.9. The lowest BCUT2D eigenvalue weighted by molar-refractivity contribution is -0.154. The predicted octanol–water partition coefficient (Wildman–Crippen LogP) is 3.10. The van der Waals surface area contributed by atoms with Gasteiger partial charge in [-0.1, -0.05) is 23.7 Å². The first-order chi connectivity index (χ1) is 8.81. The normalized spacial score (nSPS) is 13.1. The Morgan fingerprint density at radius 3 is 2.42 bits per heavy atom. The summed E-state index contributed by atoms with van der Waals surface area (Å²) in [6.07, 6.45) is -6.04. The maximum absolute atomic E-state index is 12.1. The molecular formula is C12H13ClF3NO2. The molecule has 0 radical (unpaired) electrons. The van der Waals surface area contributed by atoms with E-state index in [9.17, 15) is 18.0 Å². The first-order valence-electron chi connectivity index (χ1n) is 5.42. The summed E-state index contributed by atoms with van der Waals surface area (Å²) < 4.78 is 41.2. The highest BCUT2D eigenvalue weighted by molar-refractivity contribution is 6.30. The van der Waals surface area contributed by atoms with E-state index in [-0.39, 0.29) is 6.61 Å². The van der Waals surface area contributed by atoms with Crippen LogP contribution in [0.5, 0.6) is 0 Å². The van der Waals surface area contributed by atoms with Crippen molar-refractivity contribution < 1.29 is 22.7 Å². The third-order valence-corrected chi connectivity index (χ3v) is 2.55. The Labute approximate surface area is 113 Å². The monoisotopic (exact) mass is 295 g/mol.